The lowest BCUT2D eigenvalue weighted by atomic mass is 10.3. The molecule has 0 atom stereocenters. The second-order valence-corrected chi connectivity index (χ2v) is 6.12. The first-order valence-corrected chi connectivity index (χ1v) is 7.52. The third kappa shape index (κ3) is 4.09. The number of halogens is 2. The van der Waals surface area contributed by atoms with Crippen molar-refractivity contribution in [3.8, 4) is 11.5 Å². The van der Waals surface area contributed by atoms with E-state index in [4.69, 9.17) is 4.52 Å². The van der Waals surface area contributed by atoms with Crippen molar-refractivity contribution in [2.75, 3.05) is 6.54 Å². The molecule has 19 heavy (non-hydrogen) atoms. The van der Waals surface area contributed by atoms with Gasteiger partial charge < -0.3 is 9.84 Å². The molecule has 7 heteroatoms. The van der Waals surface area contributed by atoms with Crippen LogP contribution in [0.5, 0.6) is 0 Å². The van der Waals surface area contributed by atoms with Crippen molar-refractivity contribution < 1.29 is 4.52 Å². The molecule has 0 spiro atoms. The monoisotopic (exact) mass is 388 g/mol. The molecule has 0 saturated heterocycles. The minimum Gasteiger partial charge on any atom is -0.339 e. The van der Waals surface area contributed by atoms with Crippen LogP contribution in [0.3, 0.4) is 0 Å². The molecule has 2 aromatic rings. The quantitative estimate of drug-likeness (QED) is 0.850. The van der Waals surface area contributed by atoms with Gasteiger partial charge in [0.15, 0.2) is 0 Å². The van der Waals surface area contributed by atoms with Crippen LogP contribution >= 0.6 is 31.9 Å². The van der Waals surface area contributed by atoms with Crippen molar-refractivity contribution in [1.29, 1.82) is 0 Å². The number of aromatic nitrogens is 3. The van der Waals surface area contributed by atoms with Gasteiger partial charge in [0.2, 0.25) is 11.7 Å². The van der Waals surface area contributed by atoms with Crippen LogP contribution in [-0.2, 0) is 6.42 Å². The molecule has 0 amide bonds. The maximum absolute atomic E-state index is 5.21. The Labute approximate surface area is 128 Å². The second-order valence-electron chi connectivity index (χ2n) is 4.35. The second kappa shape index (κ2) is 6.58. The molecule has 0 fully saturated rings. The van der Waals surface area contributed by atoms with Crippen LogP contribution in [0, 0.1) is 0 Å². The number of pyridine rings is 1. The van der Waals surface area contributed by atoms with E-state index in [9.17, 15) is 0 Å². The van der Waals surface area contributed by atoms with Crippen LogP contribution in [0.2, 0.25) is 0 Å². The molecular weight excluding hydrogens is 376 g/mol. The molecule has 0 aromatic carbocycles. The molecular formula is C12H14Br2N4O. The highest BCUT2D eigenvalue weighted by atomic mass is 79.9. The predicted octanol–water partition coefficient (Wildman–Crippen LogP) is 3.20. The van der Waals surface area contributed by atoms with Crippen LogP contribution in [0.1, 0.15) is 19.7 Å². The van der Waals surface area contributed by atoms with Crippen molar-refractivity contribution in [2.45, 2.75) is 26.3 Å². The van der Waals surface area contributed by atoms with Crippen LogP contribution < -0.4 is 5.32 Å². The zero-order chi connectivity index (χ0) is 13.8. The van der Waals surface area contributed by atoms with Gasteiger partial charge in [0.25, 0.3) is 0 Å². The summed E-state index contributed by atoms with van der Waals surface area (Å²) in [6.45, 7) is 5.01. The first-order valence-electron chi connectivity index (χ1n) is 5.93. The average Bonchev–Trinajstić information content (AvgIpc) is 2.77. The van der Waals surface area contributed by atoms with Crippen LogP contribution in [0.4, 0.5) is 0 Å². The Hall–Kier alpha value is -0.790. The van der Waals surface area contributed by atoms with Gasteiger partial charge in [-0.2, -0.15) is 4.98 Å². The fourth-order valence-corrected chi connectivity index (χ4v) is 2.66. The van der Waals surface area contributed by atoms with Gasteiger partial charge in [-0.05, 0) is 37.9 Å². The maximum Gasteiger partial charge on any atom is 0.228 e. The topological polar surface area (TPSA) is 63.8 Å². The van der Waals surface area contributed by atoms with E-state index < -0.39 is 0 Å². The summed E-state index contributed by atoms with van der Waals surface area (Å²) < 4.78 is 6.94. The van der Waals surface area contributed by atoms with E-state index in [2.05, 4.69) is 66.1 Å². The Morgan fingerprint density at radius 1 is 1.37 bits per heavy atom. The summed E-state index contributed by atoms with van der Waals surface area (Å²) in [4.78, 5) is 8.62. The van der Waals surface area contributed by atoms with Crippen molar-refractivity contribution in [3.63, 3.8) is 0 Å². The summed E-state index contributed by atoms with van der Waals surface area (Å²) in [6.07, 6.45) is 2.41. The number of rotatable bonds is 5. The number of hydrogen-bond donors (Lipinski definition) is 1. The van der Waals surface area contributed by atoms with E-state index in [-0.39, 0.29) is 0 Å². The normalized spacial score (nSPS) is 11.2. The lowest BCUT2D eigenvalue weighted by molar-refractivity contribution is 0.374. The minimum atomic E-state index is 0.449. The summed E-state index contributed by atoms with van der Waals surface area (Å²) in [7, 11) is 0. The standard InChI is InChI=1S/C12H14Br2N4O/c1-7(2)15-4-3-10-17-12(18-19-10)11-9(14)5-8(13)6-16-11/h5-7,15H,3-4H2,1-2H3. The van der Waals surface area contributed by atoms with E-state index in [1.165, 1.54) is 0 Å². The SMILES string of the molecule is CC(C)NCCc1nc(-c2ncc(Br)cc2Br)no1. The molecule has 0 radical (unpaired) electrons. The van der Waals surface area contributed by atoms with Crippen LogP contribution in [0.15, 0.2) is 25.7 Å². The third-order valence-electron chi connectivity index (χ3n) is 2.38. The van der Waals surface area contributed by atoms with E-state index in [1.54, 1.807) is 6.20 Å². The molecule has 2 rings (SSSR count). The van der Waals surface area contributed by atoms with E-state index in [0.717, 1.165) is 15.5 Å². The highest BCUT2D eigenvalue weighted by Gasteiger charge is 2.13. The van der Waals surface area contributed by atoms with Crippen LogP contribution in [0.25, 0.3) is 11.5 Å². The largest absolute Gasteiger partial charge is 0.339 e. The molecule has 0 saturated carbocycles. The molecule has 0 aliphatic heterocycles. The first kappa shape index (κ1) is 14.6. The molecule has 2 aromatic heterocycles. The number of nitrogens with zero attached hydrogens (tertiary/aromatic N) is 3. The Kier molecular flexibility index (Phi) is 5.06. The molecule has 0 unspecified atom stereocenters. The lowest BCUT2D eigenvalue weighted by Gasteiger charge is -2.04. The number of nitrogens with one attached hydrogen (secondary N) is 1. The molecule has 1 N–H and O–H groups in total. The molecule has 0 aliphatic carbocycles. The van der Waals surface area contributed by atoms with Gasteiger partial charge in [0.05, 0.1) is 0 Å². The van der Waals surface area contributed by atoms with E-state index in [0.29, 0.717) is 29.9 Å². The Balaban J connectivity index is 2.08. The van der Waals surface area contributed by atoms with Crippen LogP contribution in [-0.4, -0.2) is 27.7 Å². The molecule has 5 nitrogen and oxygen atoms in total. The van der Waals surface area contributed by atoms with Crippen molar-refractivity contribution >= 4 is 31.9 Å². The predicted molar refractivity (Wildman–Crippen MR) is 79.8 cm³/mol. The van der Waals surface area contributed by atoms with E-state index in [1.807, 2.05) is 6.07 Å². The summed E-state index contributed by atoms with van der Waals surface area (Å²) in [5, 5.41) is 7.26. The van der Waals surface area contributed by atoms with Gasteiger partial charge >= 0.3 is 0 Å². The van der Waals surface area contributed by atoms with Gasteiger partial charge in [0, 0.05) is 34.1 Å². The smallest absolute Gasteiger partial charge is 0.228 e. The fourth-order valence-electron chi connectivity index (χ4n) is 1.50. The fraction of sp³-hybridized carbons (Fsp3) is 0.417. The van der Waals surface area contributed by atoms with Gasteiger partial charge in [-0.25, -0.2) is 0 Å². The van der Waals surface area contributed by atoms with Crippen molar-refractivity contribution in [2.24, 2.45) is 0 Å². The van der Waals surface area contributed by atoms with Crippen molar-refractivity contribution in [3.05, 3.63) is 27.1 Å². The van der Waals surface area contributed by atoms with Gasteiger partial charge in [-0.15, -0.1) is 0 Å². The number of hydrogen-bond acceptors (Lipinski definition) is 5. The summed E-state index contributed by atoms with van der Waals surface area (Å²) >= 11 is 6.80. The maximum atomic E-state index is 5.21. The Bertz CT molecular complexity index is 556. The zero-order valence-electron chi connectivity index (χ0n) is 10.7. The Morgan fingerprint density at radius 3 is 2.84 bits per heavy atom. The molecule has 0 aliphatic rings. The van der Waals surface area contributed by atoms with Gasteiger partial charge in [0.1, 0.15) is 5.69 Å². The minimum absolute atomic E-state index is 0.449. The molecule has 2 heterocycles. The summed E-state index contributed by atoms with van der Waals surface area (Å²) in [6, 6.07) is 2.35. The first-order chi connectivity index (χ1) is 9.06. The van der Waals surface area contributed by atoms with Gasteiger partial charge in [-0.1, -0.05) is 19.0 Å². The zero-order valence-corrected chi connectivity index (χ0v) is 13.8. The summed E-state index contributed by atoms with van der Waals surface area (Å²) in [5.41, 5.74) is 0.676. The molecule has 102 valence electrons. The highest BCUT2D eigenvalue weighted by molar-refractivity contribution is 9.11. The Morgan fingerprint density at radius 2 is 2.16 bits per heavy atom. The van der Waals surface area contributed by atoms with Crippen molar-refractivity contribution in [1.82, 2.24) is 20.4 Å². The van der Waals surface area contributed by atoms with E-state index >= 15 is 0 Å². The average molecular weight is 390 g/mol. The highest BCUT2D eigenvalue weighted by Crippen LogP contribution is 2.26. The summed E-state index contributed by atoms with van der Waals surface area (Å²) in [5.74, 6) is 1.11. The molecule has 0 bridgehead atoms. The van der Waals surface area contributed by atoms with Gasteiger partial charge in [-0.3, -0.25) is 4.98 Å². The third-order valence-corrected chi connectivity index (χ3v) is 3.42. The lowest BCUT2D eigenvalue weighted by Crippen LogP contribution is -2.25.